The fourth-order valence-electron chi connectivity index (χ4n) is 1.45. The van der Waals surface area contributed by atoms with Crippen molar-refractivity contribution in [2.45, 2.75) is 38.8 Å². The van der Waals surface area contributed by atoms with Gasteiger partial charge in [-0.2, -0.15) is 0 Å². The number of ether oxygens (including phenoxy) is 1. The van der Waals surface area contributed by atoms with Gasteiger partial charge in [0.2, 0.25) is 0 Å². The van der Waals surface area contributed by atoms with E-state index in [9.17, 15) is 4.79 Å². The highest BCUT2D eigenvalue weighted by Crippen LogP contribution is 2.29. The van der Waals surface area contributed by atoms with Crippen LogP contribution in [-0.4, -0.2) is 31.1 Å². The first-order chi connectivity index (χ1) is 5.99. The first-order valence-corrected chi connectivity index (χ1v) is 4.85. The maximum absolute atomic E-state index is 11.8. The number of epoxide rings is 1. The Labute approximate surface area is 79.8 Å². The Morgan fingerprint density at radius 2 is 2.15 bits per heavy atom. The van der Waals surface area contributed by atoms with Crippen molar-refractivity contribution in [3.05, 3.63) is 0 Å². The number of hydrogen-bond acceptors (Lipinski definition) is 3. The molecule has 0 saturated carbocycles. The number of likely N-dealkylation sites (N-methyl/N-ethyl adjacent to an activating group) is 1. The van der Waals surface area contributed by atoms with Crippen LogP contribution in [-0.2, 0) is 9.53 Å². The predicted molar refractivity (Wildman–Crippen MR) is 51.7 cm³/mol. The lowest BCUT2D eigenvalue weighted by Crippen LogP contribution is -2.42. The fourth-order valence-corrected chi connectivity index (χ4v) is 1.45. The Morgan fingerprint density at radius 3 is 2.46 bits per heavy atom. The van der Waals surface area contributed by atoms with Crippen LogP contribution in [0.25, 0.3) is 0 Å². The standard InChI is InChI=1S/C10H19NO2/c1-7(2)5-8(11-4)9(12)10(3)6-13-10/h7-8,11H,5-6H2,1-4H3/t8-,10+/m0/s1. The molecule has 0 aliphatic carbocycles. The minimum atomic E-state index is -0.484. The molecule has 0 spiro atoms. The number of carbonyl (C=O) groups is 1. The van der Waals surface area contributed by atoms with E-state index in [2.05, 4.69) is 19.2 Å². The minimum absolute atomic E-state index is 0.0486. The summed E-state index contributed by atoms with van der Waals surface area (Å²) in [5.74, 6) is 0.729. The molecule has 3 nitrogen and oxygen atoms in total. The van der Waals surface area contributed by atoms with Crippen molar-refractivity contribution in [1.29, 1.82) is 0 Å². The van der Waals surface area contributed by atoms with Crippen molar-refractivity contribution in [3.8, 4) is 0 Å². The lowest BCUT2D eigenvalue weighted by atomic mass is 9.94. The molecule has 0 amide bonds. The number of rotatable bonds is 5. The Hall–Kier alpha value is -0.410. The van der Waals surface area contributed by atoms with Crippen LogP contribution in [0.4, 0.5) is 0 Å². The third-order valence-corrected chi connectivity index (χ3v) is 2.47. The van der Waals surface area contributed by atoms with Crippen LogP contribution in [0.15, 0.2) is 0 Å². The van der Waals surface area contributed by atoms with Crippen LogP contribution in [0.2, 0.25) is 0 Å². The molecule has 1 saturated heterocycles. The SMILES string of the molecule is CN[C@@H](CC(C)C)C(=O)[C@@]1(C)CO1. The van der Waals surface area contributed by atoms with Gasteiger partial charge in [0.15, 0.2) is 5.78 Å². The van der Waals surface area contributed by atoms with Gasteiger partial charge < -0.3 is 10.1 Å². The normalized spacial score (nSPS) is 29.0. The van der Waals surface area contributed by atoms with Crippen molar-refractivity contribution < 1.29 is 9.53 Å². The van der Waals surface area contributed by atoms with Gasteiger partial charge in [-0.3, -0.25) is 4.79 Å². The lowest BCUT2D eigenvalue weighted by molar-refractivity contribution is -0.125. The number of hydrogen-bond donors (Lipinski definition) is 1. The highest BCUT2D eigenvalue weighted by atomic mass is 16.6. The van der Waals surface area contributed by atoms with E-state index in [1.165, 1.54) is 0 Å². The predicted octanol–water partition coefficient (Wildman–Crippen LogP) is 0.978. The second-order valence-electron chi connectivity index (χ2n) is 4.35. The molecule has 1 heterocycles. The maximum Gasteiger partial charge on any atom is 0.183 e. The average Bonchev–Trinajstić information content (AvgIpc) is 2.79. The summed E-state index contributed by atoms with van der Waals surface area (Å²) in [4.78, 5) is 11.8. The molecule has 1 fully saturated rings. The summed E-state index contributed by atoms with van der Waals surface area (Å²) in [5, 5.41) is 3.05. The van der Waals surface area contributed by atoms with Gasteiger partial charge in [0, 0.05) is 0 Å². The molecule has 76 valence electrons. The van der Waals surface area contributed by atoms with Gasteiger partial charge in [0.05, 0.1) is 12.6 Å². The number of ketones is 1. The van der Waals surface area contributed by atoms with E-state index < -0.39 is 5.60 Å². The van der Waals surface area contributed by atoms with Crippen molar-refractivity contribution >= 4 is 5.78 Å². The second-order valence-corrected chi connectivity index (χ2v) is 4.35. The number of nitrogens with one attached hydrogen (secondary N) is 1. The summed E-state index contributed by atoms with van der Waals surface area (Å²) >= 11 is 0. The van der Waals surface area contributed by atoms with E-state index in [-0.39, 0.29) is 11.8 Å². The smallest absolute Gasteiger partial charge is 0.183 e. The van der Waals surface area contributed by atoms with Crippen LogP contribution in [0.3, 0.4) is 0 Å². The molecule has 13 heavy (non-hydrogen) atoms. The van der Waals surface area contributed by atoms with Crippen molar-refractivity contribution in [3.63, 3.8) is 0 Å². The summed E-state index contributed by atoms with van der Waals surface area (Å²) in [6.07, 6.45) is 0.883. The third-order valence-electron chi connectivity index (χ3n) is 2.47. The number of Topliss-reactive ketones (excluding diaryl/α,β-unsaturated/α-hetero) is 1. The molecular formula is C10H19NO2. The van der Waals surface area contributed by atoms with Crippen molar-refractivity contribution in [2.75, 3.05) is 13.7 Å². The summed E-state index contributed by atoms with van der Waals surface area (Å²) in [7, 11) is 1.83. The van der Waals surface area contributed by atoms with E-state index in [0.717, 1.165) is 6.42 Å². The summed E-state index contributed by atoms with van der Waals surface area (Å²) in [6, 6.07) is -0.0486. The van der Waals surface area contributed by atoms with E-state index >= 15 is 0 Å². The Kier molecular flexibility index (Phi) is 3.09. The van der Waals surface area contributed by atoms with Crippen LogP contribution < -0.4 is 5.32 Å². The van der Waals surface area contributed by atoms with Gasteiger partial charge in [0.25, 0.3) is 0 Å². The van der Waals surface area contributed by atoms with Gasteiger partial charge in [0.1, 0.15) is 5.60 Å². The van der Waals surface area contributed by atoms with Gasteiger partial charge in [-0.1, -0.05) is 13.8 Å². The molecular weight excluding hydrogens is 166 g/mol. The van der Waals surface area contributed by atoms with Crippen LogP contribution in [0.5, 0.6) is 0 Å². The third kappa shape index (κ3) is 2.51. The van der Waals surface area contributed by atoms with Crippen LogP contribution in [0.1, 0.15) is 27.2 Å². The molecule has 0 radical (unpaired) electrons. The molecule has 0 bridgehead atoms. The van der Waals surface area contributed by atoms with Gasteiger partial charge in [-0.25, -0.2) is 0 Å². The van der Waals surface area contributed by atoms with E-state index in [1.807, 2.05) is 14.0 Å². The summed E-state index contributed by atoms with van der Waals surface area (Å²) in [6.45, 7) is 6.68. The highest BCUT2D eigenvalue weighted by Gasteiger charge is 2.49. The van der Waals surface area contributed by atoms with E-state index in [1.54, 1.807) is 0 Å². The number of carbonyl (C=O) groups excluding carboxylic acids is 1. The van der Waals surface area contributed by atoms with Gasteiger partial charge in [-0.15, -0.1) is 0 Å². The van der Waals surface area contributed by atoms with Crippen molar-refractivity contribution in [1.82, 2.24) is 5.32 Å². The van der Waals surface area contributed by atoms with Crippen molar-refractivity contribution in [2.24, 2.45) is 5.92 Å². The van der Waals surface area contributed by atoms with E-state index in [4.69, 9.17) is 4.74 Å². The largest absolute Gasteiger partial charge is 0.362 e. The molecule has 1 aliphatic rings. The minimum Gasteiger partial charge on any atom is -0.362 e. The molecule has 1 aliphatic heterocycles. The Bertz CT molecular complexity index is 197. The Morgan fingerprint density at radius 1 is 1.62 bits per heavy atom. The zero-order chi connectivity index (χ0) is 10.1. The topological polar surface area (TPSA) is 41.6 Å². The Balaban J connectivity index is 2.51. The summed E-state index contributed by atoms with van der Waals surface area (Å²) in [5.41, 5.74) is -0.484. The quantitative estimate of drug-likeness (QED) is 0.649. The van der Waals surface area contributed by atoms with Gasteiger partial charge >= 0.3 is 0 Å². The lowest BCUT2D eigenvalue weighted by Gasteiger charge is -2.18. The molecule has 0 unspecified atom stereocenters. The highest BCUT2D eigenvalue weighted by molar-refractivity contribution is 5.93. The summed E-state index contributed by atoms with van der Waals surface area (Å²) < 4.78 is 5.13. The first-order valence-electron chi connectivity index (χ1n) is 4.85. The molecule has 0 aromatic rings. The second kappa shape index (κ2) is 3.76. The molecule has 2 atom stereocenters. The molecule has 0 aromatic carbocycles. The molecule has 1 rings (SSSR count). The monoisotopic (exact) mass is 185 g/mol. The maximum atomic E-state index is 11.8. The van der Waals surface area contributed by atoms with Crippen LogP contribution >= 0.6 is 0 Å². The van der Waals surface area contributed by atoms with Gasteiger partial charge in [-0.05, 0) is 26.3 Å². The molecule has 0 aromatic heterocycles. The van der Waals surface area contributed by atoms with E-state index in [0.29, 0.717) is 12.5 Å². The molecule has 1 N–H and O–H groups in total. The average molecular weight is 185 g/mol. The van der Waals surface area contributed by atoms with Crippen LogP contribution in [0, 0.1) is 5.92 Å². The fraction of sp³-hybridized carbons (Fsp3) is 0.900. The first kappa shape index (κ1) is 10.7. The zero-order valence-electron chi connectivity index (χ0n) is 8.89. The molecule has 3 heteroatoms. The zero-order valence-corrected chi connectivity index (χ0v) is 8.89.